The third-order valence-electron chi connectivity index (χ3n) is 1.92. The van der Waals surface area contributed by atoms with Crippen molar-refractivity contribution < 1.29 is 9.47 Å². The second-order valence-corrected chi connectivity index (χ2v) is 4.65. The highest BCUT2D eigenvalue weighted by atomic mass is 35.5. The predicted octanol–water partition coefficient (Wildman–Crippen LogP) is 2.71. The molecule has 2 nitrogen and oxygen atoms in total. The molecule has 0 saturated carbocycles. The summed E-state index contributed by atoms with van der Waals surface area (Å²) in [5.74, 6) is 0.501. The van der Waals surface area contributed by atoms with Gasteiger partial charge in [-0.05, 0) is 19.1 Å². The zero-order chi connectivity index (χ0) is 9.26. The lowest BCUT2D eigenvalue weighted by molar-refractivity contribution is -0.0540. The number of thiophene rings is 1. The summed E-state index contributed by atoms with van der Waals surface area (Å²) in [6, 6.07) is 4.11. The molecule has 0 spiro atoms. The zero-order valence-corrected chi connectivity index (χ0v) is 8.90. The molecule has 0 bridgehead atoms. The summed E-state index contributed by atoms with van der Waals surface area (Å²) in [6.07, 6.45) is -0.142. The van der Waals surface area contributed by atoms with Crippen molar-refractivity contribution in [1.82, 2.24) is 0 Å². The molecular formula is C9H11ClO2S. The molecule has 2 rings (SSSR count). The Labute approximate surface area is 86.4 Å². The fourth-order valence-electron chi connectivity index (χ4n) is 1.26. The first-order chi connectivity index (χ1) is 6.29. The average molecular weight is 219 g/mol. The Hall–Kier alpha value is -0.0900. The largest absolute Gasteiger partial charge is 0.345 e. The van der Waals surface area contributed by atoms with Crippen LogP contribution in [0.4, 0.5) is 0 Å². The first-order valence-electron chi connectivity index (χ1n) is 4.19. The highest BCUT2D eigenvalue weighted by Crippen LogP contribution is 2.31. The molecule has 0 radical (unpaired) electrons. The summed E-state index contributed by atoms with van der Waals surface area (Å²) in [7, 11) is 0. The maximum Gasteiger partial charge on any atom is 0.193 e. The van der Waals surface area contributed by atoms with Gasteiger partial charge in [-0.25, -0.2) is 0 Å². The second-order valence-electron chi connectivity index (χ2n) is 3.03. The van der Waals surface area contributed by atoms with Gasteiger partial charge in [0.2, 0.25) is 0 Å². The minimum absolute atomic E-state index is 0.0501. The van der Waals surface area contributed by atoms with Gasteiger partial charge in [-0.3, -0.25) is 0 Å². The van der Waals surface area contributed by atoms with Crippen LogP contribution in [0.15, 0.2) is 12.1 Å². The Morgan fingerprint density at radius 3 is 3.00 bits per heavy atom. The molecule has 0 aliphatic carbocycles. The highest BCUT2D eigenvalue weighted by Gasteiger charge is 2.27. The molecule has 0 amide bonds. The number of rotatable bonds is 2. The number of halogens is 1. The number of hydrogen-bond donors (Lipinski definition) is 0. The quantitative estimate of drug-likeness (QED) is 0.711. The number of alkyl halides is 1. The molecule has 2 heterocycles. The SMILES string of the molecule is Cc1ccc([C@H]2OC[C@H](CCl)O2)s1. The summed E-state index contributed by atoms with van der Waals surface area (Å²) in [6.45, 7) is 2.67. The maximum atomic E-state index is 5.66. The van der Waals surface area contributed by atoms with Gasteiger partial charge in [0.15, 0.2) is 6.29 Å². The van der Waals surface area contributed by atoms with Crippen molar-refractivity contribution >= 4 is 22.9 Å². The molecular weight excluding hydrogens is 208 g/mol. The lowest BCUT2D eigenvalue weighted by atomic mass is 10.4. The molecule has 2 atom stereocenters. The van der Waals surface area contributed by atoms with Crippen LogP contribution in [0.3, 0.4) is 0 Å². The molecule has 0 aromatic carbocycles. The van der Waals surface area contributed by atoms with Gasteiger partial charge in [0, 0.05) is 4.88 Å². The summed E-state index contributed by atoms with van der Waals surface area (Å²) < 4.78 is 11.0. The predicted molar refractivity (Wildman–Crippen MR) is 53.3 cm³/mol. The molecule has 1 aliphatic rings. The van der Waals surface area contributed by atoms with Gasteiger partial charge in [-0.1, -0.05) is 0 Å². The summed E-state index contributed by atoms with van der Waals surface area (Å²) in [5.41, 5.74) is 0. The van der Waals surface area contributed by atoms with Gasteiger partial charge in [-0.2, -0.15) is 0 Å². The minimum Gasteiger partial charge on any atom is -0.345 e. The van der Waals surface area contributed by atoms with E-state index in [2.05, 4.69) is 13.0 Å². The van der Waals surface area contributed by atoms with E-state index >= 15 is 0 Å². The van der Waals surface area contributed by atoms with E-state index in [4.69, 9.17) is 21.1 Å². The monoisotopic (exact) mass is 218 g/mol. The van der Waals surface area contributed by atoms with Crippen LogP contribution in [0.5, 0.6) is 0 Å². The van der Waals surface area contributed by atoms with Crippen molar-refractivity contribution in [3.8, 4) is 0 Å². The highest BCUT2D eigenvalue weighted by molar-refractivity contribution is 7.11. The van der Waals surface area contributed by atoms with Crippen LogP contribution < -0.4 is 0 Å². The second kappa shape index (κ2) is 3.96. The minimum atomic E-state index is -0.192. The van der Waals surface area contributed by atoms with E-state index in [1.54, 1.807) is 11.3 Å². The maximum absolute atomic E-state index is 5.66. The topological polar surface area (TPSA) is 18.5 Å². The lowest BCUT2D eigenvalue weighted by Gasteiger charge is -2.06. The van der Waals surface area contributed by atoms with Crippen LogP contribution >= 0.6 is 22.9 Å². The van der Waals surface area contributed by atoms with Crippen molar-refractivity contribution in [2.24, 2.45) is 0 Å². The zero-order valence-electron chi connectivity index (χ0n) is 7.33. The van der Waals surface area contributed by atoms with Crippen LogP contribution in [0.25, 0.3) is 0 Å². The number of hydrogen-bond acceptors (Lipinski definition) is 3. The first kappa shape index (κ1) is 9.46. The lowest BCUT2D eigenvalue weighted by Crippen LogP contribution is -2.10. The van der Waals surface area contributed by atoms with Gasteiger partial charge in [0.05, 0.1) is 23.5 Å². The van der Waals surface area contributed by atoms with Crippen LogP contribution in [-0.2, 0) is 9.47 Å². The van der Waals surface area contributed by atoms with Crippen LogP contribution in [-0.4, -0.2) is 18.6 Å². The first-order valence-corrected chi connectivity index (χ1v) is 5.54. The van der Waals surface area contributed by atoms with E-state index in [0.29, 0.717) is 12.5 Å². The Kier molecular flexibility index (Phi) is 2.89. The number of ether oxygens (including phenoxy) is 2. The fourth-order valence-corrected chi connectivity index (χ4v) is 2.28. The van der Waals surface area contributed by atoms with Gasteiger partial charge < -0.3 is 9.47 Å². The van der Waals surface area contributed by atoms with Crippen LogP contribution in [0, 0.1) is 6.92 Å². The molecule has 4 heteroatoms. The smallest absolute Gasteiger partial charge is 0.193 e. The molecule has 1 aromatic heterocycles. The summed E-state index contributed by atoms with van der Waals surface area (Å²) in [5, 5.41) is 0. The molecule has 13 heavy (non-hydrogen) atoms. The Morgan fingerprint density at radius 2 is 2.46 bits per heavy atom. The van der Waals surface area contributed by atoms with E-state index in [9.17, 15) is 0 Å². The molecule has 1 aliphatic heterocycles. The molecule has 1 fully saturated rings. The molecule has 1 aromatic rings. The normalized spacial score (nSPS) is 28.2. The Balaban J connectivity index is 2.03. The molecule has 72 valence electrons. The summed E-state index contributed by atoms with van der Waals surface area (Å²) in [4.78, 5) is 2.40. The van der Waals surface area contributed by atoms with Crippen molar-refractivity contribution in [3.63, 3.8) is 0 Å². The summed E-state index contributed by atoms with van der Waals surface area (Å²) >= 11 is 7.37. The Bertz CT molecular complexity index is 287. The fraction of sp³-hybridized carbons (Fsp3) is 0.556. The van der Waals surface area contributed by atoms with E-state index in [1.165, 1.54) is 4.88 Å². The van der Waals surface area contributed by atoms with E-state index in [-0.39, 0.29) is 12.4 Å². The van der Waals surface area contributed by atoms with Crippen molar-refractivity contribution in [3.05, 3.63) is 21.9 Å². The standard InChI is InChI=1S/C9H11ClO2S/c1-6-2-3-8(13-6)9-11-5-7(4-10)12-9/h2-3,7,9H,4-5H2,1H3/t7-,9-/m0/s1. The van der Waals surface area contributed by atoms with Gasteiger partial charge in [-0.15, -0.1) is 22.9 Å². The van der Waals surface area contributed by atoms with Gasteiger partial charge >= 0.3 is 0 Å². The van der Waals surface area contributed by atoms with Gasteiger partial charge in [0.25, 0.3) is 0 Å². The molecule has 0 N–H and O–H groups in total. The molecule has 0 unspecified atom stereocenters. The van der Waals surface area contributed by atoms with Crippen molar-refractivity contribution in [2.75, 3.05) is 12.5 Å². The third-order valence-corrected chi connectivity index (χ3v) is 3.28. The van der Waals surface area contributed by atoms with E-state index < -0.39 is 0 Å². The molecule has 1 saturated heterocycles. The van der Waals surface area contributed by atoms with Crippen LogP contribution in [0.1, 0.15) is 16.0 Å². The van der Waals surface area contributed by atoms with Crippen molar-refractivity contribution in [1.29, 1.82) is 0 Å². The van der Waals surface area contributed by atoms with Crippen LogP contribution in [0.2, 0.25) is 0 Å². The van der Waals surface area contributed by atoms with Crippen molar-refractivity contribution in [2.45, 2.75) is 19.3 Å². The third kappa shape index (κ3) is 2.05. The number of aryl methyl sites for hydroxylation is 1. The van der Waals surface area contributed by atoms with Gasteiger partial charge in [0.1, 0.15) is 0 Å². The average Bonchev–Trinajstić information content (AvgIpc) is 2.71. The van der Waals surface area contributed by atoms with E-state index in [1.807, 2.05) is 6.07 Å². The van der Waals surface area contributed by atoms with E-state index in [0.717, 1.165) is 4.88 Å². The Morgan fingerprint density at radius 1 is 1.62 bits per heavy atom.